The standard InChI is InChI=1S/C22H23NO6/c1-11(24)23-9-8-22-15-5-7-18(28-13(3)26)21(22)29-20-17(27-12(2)25)6-4-14(19(20)22)10-16(15)23/h4-7,15-16,18,21H,8-10H2,1-3H3/t15-,16+,18+,21+,22-/m0/s1. The zero-order chi connectivity index (χ0) is 20.5. The molecule has 0 radical (unpaired) electrons. The Morgan fingerprint density at radius 3 is 2.62 bits per heavy atom. The maximum absolute atomic E-state index is 12.3. The highest BCUT2D eigenvalue weighted by Gasteiger charge is 2.65. The van der Waals surface area contributed by atoms with Gasteiger partial charge in [-0.15, -0.1) is 0 Å². The Labute approximate surface area is 168 Å². The summed E-state index contributed by atoms with van der Waals surface area (Å²) in [5, 5.41) is 0. The molecule has 0 N–H and O–H groups in total. The lowest BCUT2D eigenvalue weighted by molar-refractivity contribution is -0.153. The minimum absolute atomic E-state index is 0.0277. The van der Waals surface area contributed by atoms with E-state index in [1.807, 2.05) is 17.0 Å². The van der Waals surface area contributed by atoms with Crippen molar-refractivity contribution >= 4 is 17.8 Å². The highest BCUT2D eigenvalue weighted by Crippen LogP contribution is 2.62. The Balaban J connectivity index is 1.71. The second-order valence-corrected chi connectivity index (χ2v) is 8.32. The molecule has 152 valence electrons. The summed E-state index contributed by atoms with van der Waals surface area (Å²) in [5.41, 5.74) is 1.74. The number of carbonyl (C=O) groups is 3. The number of nitrogens with zero attached hydrogens (tertiary/aromatic N) is 1. The molecule has 1 saturated heterocycles. The van der Waals surface area contributed by atoms with E-state index in [0.717, 1.165) is 11.1 Å². The first kappa shape index (κ1) is 18.2. The molecule has 1 fully saturated rings. The van der Waals surface area contributed by atoms with Gasteiger partial charge in [0.15, 0.2) is 17.6 Å². The van der Waals surface area contributed by atoms with Gasteiger partial charge in [0.2, 0.25) is 5.91 Å². The molecular weight excluding hydrogens is 374 g/mol. The van der Waals surface area contributed by atoms with Gasteiger partial charge in [0.05, 0.1) is 5.41 Å². The lowest BCUT2D eigenvalue weighted by atomic mass is 9.53. The van der Waals surface area contributed by atoms with E-state index in [4.69, 9.17) is 14.2 Å². The first-order valence-corrected chi connectivity index (χ1v) is 9.97. The van der Waals surface area contributed by atoms with Crippen molar-refractivity contribution in [1.29, 1.82) is 0 Å². The van der Waals surface area contributed by atoms with Crippen LogP contribution in [-0.4, -0.2) is 47.5 Å². The maximum atomic E-state index is 12.3. The van der Waals surface area contributed by atoms with Crippen LogP contribution >= 0.6 is 0 Å². The number of piperidine rings is 1. The van der Waals surface area contributed by atoms with Gasteiger partial charge in [-0.1, -0.05) is 12.1 Å². The van der Waals surface area contributed by atoms with E-state index in [2.05, 4.69) is 6.08 Å². The minimum Gasteiger partial charge on any atom is -0.481 e. The van der Waals surface area contributed by atoms with Crippen molar-refractivity contribution in [3.8, 4) is 11.5 Å². The molecule has 7 nitrogen and oxygen atoms in total. The van der Waals surface area contributed by atoms with Gasteiger partial charge in [0.1, 0.15) is 6.10 Å². The molecule has 5 atom stereocenters. The first-order valence-electron chi connectivity index (χ1n) is 9.97. The number of likely N-dealkylation sites (tertiary alicyclic amines) is 1. The quantitative estimate of drug-likeness (QED) is 0.431. The molecule has 5 rings (SSSR count). The van der Waals surface area contributed by atoms with Gasteiger partial charge in [0.25, 0.3) is 0 Å². The van der Waals surface area contributed by atoms with Crippen LogP contribution in [0.1, 0.15) is 38.3 Å². The van der Waals surface area contributed by atoms with Crippen LogP contribution in [0, 0.1) is 5.92 Å². The van der Waals surface area contributed by atoms with Crippen LogP contribution in [-0.2, 0) is 31.0 Å². The average molecular weight is 397 g/mol. The minimum atomic E-state index is -0.531. The third-order valence-electron chi connectivity index (χ3n) is 6.80. The predicted molar refractivity (Wildman–Crippen MR) is 102 cm³/mol. The second-order valence-electron chi connectivity index (χ2n) is 8.32. The van der Waals surface area contributed by atoms with Crippen molar-refractivity contribution < 1.29 is 28.6 Å². The fourth-order valence-electron chi connectivity index (χ4n) is 5.95. The van der Waals surface area contributed by atoms with E-state index in [-0.39, 0.29) is 23.8 Å². The number of rotatable bonds is 2. The molecule has 0 aromatic heterocycles. The van der Waals surface area contributed by atoms with Gasteiger partial charge >= 0.3 is 11.9 Å². The highest BCUT2D eigenvalue weighted by atomic mass is 16.6. The average Bonchev–Trinajstić information content (AvgIpc) is 2.98. The summed E-state index contributed by atoms with van der Waals surface area (Å²) in [5.74, 6) is 0.303. The van der Waals surface area contributed by atoms with Crippen molar-refractivity contribution in [1.82, 2.24) is 4.90 Å². The molecule has 2 heterocycles. The van der Waals surface area contributed by atoms with Crippen LogP contribution in [0.2, 0.25) is 0 Å². The second kappa shape index (κ2) is 6.08. The summed E-state index contributed by atoms with van der Waals surface area (Å²) in [6.07, 6.45) is 4.44. The molecule has 0 saturated carbocycles. The number of hydrogen-bond donors (Lipinski definition) is 0. The number of esters is 2. The molecule has 1 spiro atoms. The predicted octanol–water partition coefficient (Wildman–Crippen LogP) is 1.91. The Morgan fingerprint density at radius 1 is 1.14 bits per heavy atom. The molecule has 2 bridgehead atoms. The third kappa shape index (κ3) is 2.39. The summed E-state index contributed by atoms with van der Waals surface area (Å²) >= 11 is 0. The van der Waals surface area contributed by atoms with Crippen LogP contribution in [0.25, 0.3) is 0 Å². The molecule has 29 heavy (non-hydrogen) atoms. The normalized spacial score (nSPS) is 32.9. The molecule has 2 aliphatic heterocycles. The fraction of sp³-hybridized carbons (Fsp3) is 0.500. The van der Waals surface area contributed by atoms with Gasteiger partial charge in [0, 0.05) is 44.8 Å². The lowest BCUT2D eigenvalue weighted by Gasteiger charge is -2.57. The SMILES string of the molecule is CC(=O)Oc1ccc2c3c1O[C@@H]1[C@H](OC(C)=O)C=C[C@H]4[C@@H](C2)N(C(C)=O)CC[C@]314. The number of carbonyl (C=O) groups excluding carboxylic acids is 3. The van der Waals surface area contributed by atoms with Crippen LogP contribution in [0.15, 0.2) is 24.3 Å². The molecule has 1 aromatic rings. The molecule has 7 heteroatoms. The topological polar surface area (TPSA) is 82.1 Å². The van der Waals surface area contributed by atoms with E-state index in [1.54, 1.807) is 13.0 Å². The summed E-state index contributed by atoms with van der Waals surface area (Å²) in [6, 6.07) is 3.75. The number of benzene rings is 1. The van der Waals surface area contributed by atoms with Gasteiger partial charge < -0.3 is 19.1 Å². The first-order chi connectivity index (χ1) is 13.8. The summed E-state index contributed by atoms with van der Waals surface area (Å²) in [7, 11) is 0. The fourth-order valence-corrected chi connectivity index (χ4v) is 5.95. The van der Waals surface area contributed by atoms with Gasteiger partial charge in [-0.3, -0.25) is 14.4 Å². The van der Waals surface area contributed by atoms with Crippen molar-refractivity contribution in [2.75, 3.05) is 6.54 Å². The maximum Gasteiger partial charge on any atom is 0.308 e. The van der Waals surface area contributed by atoms with Gasteiger partial charge in [-0.05, 0) is 30.5 Å². The van der Waals surface area contributed by atoms with Crippen molar-refractivity contribution in [3.63, 3.8) is 0 Å². The zero-order valence-corrected chi connectivity index (χ0v) is 16.6. The zero-order valence-electron chi connectivity index (χ0n) is 16.6. The molecule has 4 aliphatic rings. The summed E-state index contributed by atoms with van der Waals surface area (Å²) < 4.78 is 17.4. The van der Waals surface area contributed by atoms with Crippen molar-refractivity contribution in [3.05, 3.63) is 35.4 Å². The Hall–Kier alpha value is -2.83. The molecular formula is C22H23NO6. The monoisotopic (exact) mass is 397 g/mol. The van der Waals surface area contributed by atoms with E-state index < -0.39 is 23.6 Å². The summed E-state index contributed by atoms with van der Waals surface area (Å²) in [4.78, 5) is 37.6. The molecule has 1 amide bonds. The Kier molecular flexibility index (Phi) is 3.82. The van der Waals surface area contributed by atoms with E-state index >= 15 is 0 Å². The van der Waals surface area contributed by atoms with Crippen LogP contribution in [0.5, 0.6) is 11.5 Å². The largest absolute Gasteiger partial charge is 0.481 e. The van der Waals surface area contributed by atoms with Crippen molar-refractivity contribution in [2.45, 2.75) is 57.3 Å². The number of ether oxygens (including phenoxy) is 3. The van der Waals surface area contributed by atoms with Crippen LogP contribution in [0.3, 0.4) is 0 Å². The third-order valence-corrected chi connectivity index (χ3v) is 6.80. The van der Waals surface area contributed by atoms with Crippen LogP contribution in [0.4, 0.5) is 0 Å². The van der Waals surface area contributed by atoms with E-state index in [1.165, 1.54) is 13.8 Å². The highest BCUT2D eigenvalue weighted by molar-refractivity contribution is 5.76. The Morgan fingerprint density at radius 2 is 1.93 bits per heavy atom. The number of amides is 1. The Bertz CT molecular complexity index is 968. The molecule has 2 aliphatic carbocycles. The number of hydrogen-bond acceptors (Lipinski definition) is 6. The van der Waals surface area contributed by atoms with Crippen LogP contribution < -0.4 is 9.47 Å². The van der Waals surface area contributed by atoms with E-state index in [9.17, 15) is 14.4 Å². The molecule has 1 aromatic carbocycles. The van der Waals surface area contributed by atoms with Gasteiger partial charge in [-0.2, -0.15) is 0 Å². The summed E-state index contributed by atoms with van der Waals surface area (Å²) in [6.45, 7) is 4.98. The van der Waals surface area contributed by atoms with Crippen molar-refractivity contribution in [2.24, 2.45) is 5.92 Å². The van der Waals surface area contributed by atoms with Gasteiger partial charge in [-0.25, -0.2) is 0 Å². The smallest absolute Gasteiger partial charge is 0.308 e. The molecule has 0 unspecified atom stereocenters. The lowest BCUT2D eigenvalue weighted by Crippen LogP contribution is -2.66. The van der Waals surface area contributed by atoms with E-state index in [0.29, 0.717) is 30.9 Å².